The number of amides is 1. The Labute approximate surface area is 149 Å². The smallest absolute Gasteiger partial charge is 0.236 e. The Balaban J connectivity index is 1.52. The molecule has 2 aromatic rings. The van der Waals surface area contributed by atoms with Crippen molar-refractivity contribution in [3.63, 3.8) is 0 Å². The molecule has 0 spiro atoms. The van der Waals surface area contributed by atoms with Gasteiger partial charge in [-0.3, -0.25) is 9.69 Å². The van der Waals surface area contributed by atoms with E-state index in [4.69, 9.17) is 0 Å². The summed E-state index contributed by atoms with van der Waals surface area (Å²) in [5, 5.41) is 9.38. The Morgan fingerprint density at radius 1 is 1.12 bits per heavy atom. The van der Waals surface area contributed by atoms with Crippen molar-refractivity contribution in [2.45, 2.75) is 13.0 Å². The van der Waals surface area contributed by atoms with Crippen molar-refractivity contribution in [1.82, 2.24) is 9.80 Å². The fraction of sp³-hybridized carbons (Fsp3) is 0.286. The van der Waals surface area contributed by atoms with E-state index in [2.05, 4.69) is 11.0 Å². The van der Waals surface area contributed by atoms with E-state index in [1.54, 1.807) is 17.0 Å². The van der Waals surface area contributed by atoms with E-state index in [1.165, 1.54) is 5.57 Å². The van der Waals surface area contributed by atoms with Crippen molar-refractivity contribution in [2.24, 2.45) is 0 Å². The summed E-state index contributed by atoms with van der Waals surface area (Å²) < 4.78 is 0. The van der Waals surface area contributed by atoms with Gasteiger partial charge in [-0.15, -0.1) is 0 Å². The van der Waals surface area contributed by atoms with Crippen LogP contribution in [0.4, 0.5) is 0 Å². The lowest BCUT2D eigenvalue weighted by atomic mass is 9.99. The predicted octanol–water partition coefficient (Wildman–Crippen LogP) is 3.14. The van der Waals surface area contributed by atoms with Crippen molar-refractivity contribution in [2.75, 3.05) is 26.7 Å². The van der Waals surface area contributed by atoms with Gasteiger partial charge in [-0.2, -0.15) is 0 Å². The molecule has 1 heterocycles. The molecule has 0 bridgehead atoms. The van der Waals surface area contributed by atoms with Crippen LogP contribution in [-0.4, -0.2) is 47.5 Å². The van der Waals surface area contributed by atoms with Crippen LogP contribution in [0.5, 0.6) is 5.75 Å². The summed E-state index contributed by atoms with van der Waals surface area (Å²) in [6.45, 7) is 2.74. The van der Waals surface area contributed by atoms with Crippen molar-refractivity contribution in [1.29, 1.82) is 0 Å². The van der Waals surface area contributed by atoms with Crippen LogP contribution in [0.3, 0.4) is 0 Å². The third-order valence-corrected chi connectivity index (χ3v) is 4.58. The highest BCUT2D eigenvalue weighted by atomic mass is 16.3. The number of likely N-dealkylation sites (N-methyl/N-ethyl adjacent to an activating group) is 1. The summed E-state index contributed by atoms with van der Waals surface area (Å²) in [4.78, 5) is 16.4. The summed E-state index contributed by atoms with van der Waals surface area (Å²) >= 11 is 0. The molecule has 1 aliphatic heterocycles. The van der Waals surface area contributed by atoms with E-state index in [0.29, 0.717) is 13.1 Å². The lowest BCUT2D eigenvalue weighted by molar-refractivity contribution is -0.131. The number of carbonyl (C=O) groups excluding carboxylic acids is 1. The molecule has 1 N–H and O–H groups in total. The fourth-order valence-corrected chi connectivity index (χ4v) is 3.05. The van der Waals surface area contributed by atoms with Crippen LogP contribution < -0.4 is 0 Å². The first-order chi connectivity index (χ1) is 12.1. The lowest BCUT2D eigenvalue weighted by Crippen LogP contribution is -2.39. The van der Waals surface area contributed by atoms with Gasteiger partial charge in [-0.25, -0.2) is 0 Å². The van der Waals surface area contributed by atoms with Gasteiger partial charge in [0.15, 0.2) is 0 Å². The summed E-state index contributed by atoms with van der Waals surface area (Å²) in [5.41, 5.74) is 3.57. The molecular formula is C21H24N2O2. The molecular weight excluding hydrogens is 312 g/mol. The van der Waals surface area contributed by atoms with Crippen LogP contribution >= 0.6 is 0 Å². The van der Waals surface area contributed by atoms with Gasteiger partial charge in [-0.05, 0) is 35.3 Å². The lowest BCUT2D eigenvalue weighted by Gasteiger charge is -2.28. The van der Waals surface area contributed by atoms with Crippen LogP contribution in [0.15, 0.2) is 60.7 Å². The van der Waals surface area contributed by atoms with Crippen molar-refractivity contribution in [3.8, 4) is 5.75 Å². The monoisotopic (exact) mass is 336 g/mol. The van der Waals surface area contributed by atoms with Gasteiger partial charge in [0.05, 0.1) is 6.54 Å². The summed E-state index contributed by atoms with van der Waals surface area (Å²) in [6, 6.07) is 17.4. The van der Waals surface area contributed by atoms with Crippen molar-refractivity contribution in [3.05, 3.63) is 71.8 Å². The number of carbonyl (C=O) groups is 1. The molecule has 0 radical (unpaired) electrons. The average molecular weight is 336 g/mol. The van der Waals surface area contributed by atoms with Gasteiger partial charge in [0, 0.05) is 26.7 Å². The molecule has 0 fully saturated rings. The summed E-state index contributed by atoms with van der Waals surface area (Å²) in [7, 11) is 1.86. The third-order valence-electron chi connectivity index (χ3n) is 4.58. The Morgan fingerprint density at radius 2 is 1.84 bits per heavy atom. The second-order valence-corrected chi connectivity index (χ2v) is 6.50. The maximum Gasteiger partial charge on any atom is 0.236 e. The Kier molecular flexibility index (Phi) is 5.51. The van der Waals surface area contributed by atoms with Gasteiger partial charge in [0.1, 0.15) is 5.75 Å². The highest BCUT2D eigenvalue weighted by Gasteiger charge is 2.18. The van der Waals surface area contributed by atoms with Gasteiger partial charge < -0.3 is 10.0 Å². The molecule has 25 heavy (non-hydrogen) atoms. The number of hydrogen-bond donors (Lipinski definition) is 1. The number of benzene rings is 2. The number of phenols is 1. The zero-order valence-electron chi connectivity index (χ0n) is 14.6. The molecule has 1 aliphatic rings. The maximum atomic E-state index is 12.4. The molecule has 0 saturated heterocycles. The molecule has 0 aromatic heterocycles. The zero-order chi connectivity index (χ0) is 17.6. The zero-order valence-corrected chi connectivity index (χ0v) is 14.6. The van der Waals surface area contributed by atoms with Gasteiger partial charge in [0.2, 0.25) is 5.91 Å². The third kappa shape index (κ3) is 4.70. The molecule has 0 saturated carbocycles. The number of aromatic hydroxyl groups is 1. The predicted molar refractivity (Wildman–Crippen MR) is 100 cm³/mol. The molecule has 130 valence electrons. The summed E-state index contributed by atoms with van der Waals surface area (Å²) in [5.74, 6) is 0.430. The van der Waals surface area contributed by atoms with Gasteiger partial charge in [-0.1, -0.05) is 48.5 Å². The molecule has 0 aliphatic carbocycles. The first-order valence-corrected chi connectivity index (χ1v) is 8.60. The van der Waals surface area contributed by atoms with Crippen LogP contribution in [0.1, 0.15) is 17.5 Å². The fourth-order valence-electron chi connectivity index (χ4n) is 3.05. The Bertz CT molecular complexity index is 738. The van der Waals surface area contributed by atoms with E-state index in [0.717, 1.165) is 30.6 Å². The molecule has 0 unspecified atom stereocenters. The van der Waals surface area contributed by atoms with Gasteiger partial charge >= 0.3 is 0 Å². The maximum absolute atomic E-state index is 12.4. The molecule has 1 amide bonds. The van der Waals surface area contributed by atoms with Crippen LogP contribution in [0.25, 0.3) is 5.57 Å². The second-order valence-electron chi connectivity index (χ2n) is 6.50. The molecule has 3 rings (SSSR count). The molecule has 2 aromatic carbocycles. The topological polar surface area (TPSA) is 43.8 Å². The first kappa shape index (κ1) is 17.2. The first-order valence-electron chi connectivity index (χ1n) is 8.60. The number of hydrogen-bond acceptors (Lipinski definition) is 3. The Morgan fingerprint density at radius 3 is 2.48 bits per heavy atom. The minimum atomic E-state index is 0.144. The van der Waals surface area contributed by atoms with Crippen molar-refractivity contribution >= 4 is 11.5 Å². The van der Waals surface area contributed by atoms with E-state index in [1.807, 2.05) is 49.5 Å². The molecule has 4 heteroatoms. The standard InChI is InChI=1S/C21H24N2O2/c1-22(15-17-5-3-2-4-6-17)21(25)16-23-13-11-19(12-14-23)18-7-9-20(24)10-8-18/h2-11,24H,12-16H2,1H3. The van der Waals surface area contributed by atoms with Crippen LogP contribution in [0, 0.1) is 0 Å². The number of rotatable bonds is 5. The second kappa shape index (κ2) is 7.99. The normalized spacial score (nSPS) is 14.8. The number of phenolic OH excluding ortho intramolecular Hbond substituents is 1. The van der Waals surface area contributed by atoms with E-state index >= 15 is 0 Å². The van der Waals surface area contributed by atoms with E-state index in [-0.39, 0.29) is 11.7 Å². The molecule has 0 atom stereocenters. The van der Waals surface area contributed by atoms with Crippen LogP contribution in [0.2, 0.25) is 0 Å². The van der Waals surface area contributed by atoms with E-state index in [9.17, 15) is 9.90 Å². The minimum Gasteiger partial charge on any atom is -0.508 e. The number of nitrogens with zero attached hydrogens (tertiary/aromatic N) is 2. The highest BCUT2D eigenvalue weighted by molar-refractivity contribution is 5.78. The van der Waals surface area contributed by atoms with Crippen LogP contribution in [-0.2, 0) is 11.3 Å². The minimum absolute atomic E-state index is 0.144. The van der Waals surface area contributed by atoms with E-state index < -0.39 is 0 Å². The van der Waals surface area contributed by atoms with Crippen molar-refractivity contribution < 1.29 is 9.90 Å². The largest absolute Gasteiger partial charge is 0.508 e. The quantitative estimate of drug-likeness (QED) is 0.912. The highest BCUT2D eigenvalue weighted by Crippen LogP contribution is 2.23. The average Bonchev–Trinajstić information content (AvgIpc) is 2.64. The molecule has 4 nitrogen and oxygen atoms in total. The SMILES string of the molecule is CN(Cc1ccccc1)C(=O)CN1CC=C(c2ccc(O)cc2)CC1. The summed E-state index contributed by atoms with van der Waals surface area (Å²) in [6.07, 6.45) is 3.10. The van der Waals surface area contributed by atoms with Gasteiger partial charge in [0.25, 0.3) is 0 Å². The Hall–Kier alpha value is -2.59.